The molecule has 2 rings (SSSR count). The summed E-state index contributed by atoms with van der Waals surface area (Å²) in [5.41, 5.74) is 6.54. The van der Waals surface area contributed by atoms with Crippen molar-refractivity contribution in [3.05, 3.63) is 29.8 Å². The van der Waals surface area contributed by atoms with Gasteiger partial charge in [-0.3, -0.25) is 9.59 Å². The lowest BCUT2D eigenvalue weighted by Crippen LogP contribution is -2.48. The van der Waals surface area contributed by atoms with Crippen LogP contribution in [0.5, 0.6) is 0 Å². The van der Waals surface area contributed by atoms with E-state index < -0.39 is 18.0 Å². The topological polar surface area (TPSA) is 113 Å². The van der Waals surface area contributed by atoms with E-state index in [0.717, 1.165) is 5.56 Å². The molecule has 3 amide bonds. The van der Waals surface area contributed by atoms with Gasteiger partial charge in [-0.1, -0.05) is 18.2 Å². The van der Waals surface area contributed by atoms with E-state index in [1.807, 2.05) is 12.1 Å². The third kappa shape index (κ3) is 3.13. The fourth-order valence-corrected chi connectivity index (χ4v) is 2.60. The maximum atomic E-state index is 12.4. The van der Waals surface area contributed by atoms with Gasteiger partial charge in [0.05, 0.1) is 6.42 Å². The Morgan fingerprint density at radius 3 is 2.71 bits per heavy atom. The Morgan fingerprint density at radius 1 is 1.43 bits per heavy atom. The van der Waals surface area contributed by atoms with Gasteiger partial charge < -0.3 is 21.1 Å². The van der Waals surface area contributed by atoms with Gasteiger partial charge in [0.2, 0.25) is 5.91 Å². The maximum absolute atomic E-state index is 12.4. The predicted octanol–water partition coefficient (Wildman–Crippen LogP) is 0.648. The SMILES string of the molecule is CC(NC(N)=O)C(=O)N1CC(CC(=O)O)c2ccccc21. The van der Waals surface area contributed by atoms with Crippen molar-refractivity contribution in [1.29, 1.82) is 0 Å². The molecular weight excluding hydrogens is 274 g/mol. The third-order valence-electron chi connectivity index (χ3n) is 3.49. The van der Waals surface area contributed by atoms with Crippen LogP contribution < -0.4 is 16.0 Å². The molecule has 1 heterocycles. The van der Waals surface area contributed by atoms with Crippen molar-refractivity contribution in [3.8, 4) is 0 Å². The van der Waals surface area contributed by atoms with Crippen LogP contribution in [0.25, 0.3) is 0 Å². The first-order chi connectivity index (χ1) is 9.90. The van der Waals surface area contributed by atoms with Crippen LogP contribution in [0.15, 0.2) is 24.3 Å². The molecular formula is C14H17N3O4. The quantitative estimate of drug-likeness (QED) is 0.755. The molecule has 0 bridgehead atoms. The van der Waals surface area contributed by atoms with E-state index >= 15 is 0 Å². The molecule has 0 saturated carbocycles. The van der Waals surface area contributed by atoms with E-state index in [-0.39, 0.29) is 24.8 Å². The van der Waals surface area contributed by atoms with Crippen molar-refractivity contribution in [2.75, 3.05) is 11.4 Å². The van der Waals surface area contributed by atoms with Gasteiger partial charge in [0.15, 0.2) is 0 Å². The van der Waals surface area contributed by atoms with Crippen LogP contribution in [-0.2, 0) is 9.59 Å². The summed E-state index contributed by atoms with van der Waals surface area (Å²) in [4.78, 5) is 35.7. The number of nitrogens with one attached hydrogen (secondary N) is 1. The Bertz CT molecular complexity index is 587. The minimum atomic E-state index is -0.910. The zero-order valence-corrected chi connectivity index (χ0v) is 11.6. The molecule has 112 valence electrons. The van der Waals surface area contributed by atoms with Crippen molar-refractivity contribution in [1.82, 2.24) is 5.32 Å². The number of benzene rings is 1. The normalized spacial score (nSPS) is 18.0. The number of primary amides is 1. The molecule has 0 aromatic heterocycles. The van der Waals surface area contributed by atoms with E-state index in [9.17, 15) is 14.4 Å². The fraction of sp³-hybridized carbons (Fsp3) is 0.357. The molecule has 1 aromatic carbocycles. The minimum Gasteiger partial charge on any atom is -0.481 e. The predicted molar refractivity (Wildman–Crippen MR) is 76.0 cm³/mol. The molecule has 4 N–H and O–H groups in total. The van der Waals surface area contributed by atoms with Gasteiger partial charge in [-0.2, -0.15) is 0 Å². The number of carbonyl (C=O) groups is 3. The number of aliphatic carboxylic acids is 1. The molecule has 2 atom stereocenters. The molecule has 0 saturated heterocycles. The summed E-state index contributed by atoms with van der Waals surface area (Å²) in [6, 6.07) is 5.65. The number of rotatable bonds is 4. The number of nitrogens with zero attached hydrogens (tertiary/aromatic N) is 1. The van der Waals surface area contributed by atoms with Gasteiger partial charge in [0.1, 0.15) is 6.04 Å². The highest BCUT2D eigenvalue weighted by atomic mass is 16.4. The van der Waals surface area contributed by atoms with E-state index in [0.29, 0.717) is 5.69 Å². The second-order valence-electron chi connectivity index (χ2n) is 5.03. The summed E-state index contributed by atoms with van der Waals surface area (Å²) in [6.45, 7) is 1.83. The van der Waals surface area contributed by atoms with Gasteiger partial charge in [-0.05, 0) is 18.6 Å². The third-order valence-corrected chi connectivity index (χ3v) is 3.49. The Labute approximate surface area is 121 Å². The monoisotopic (exact) mass is 291 g/mol. The number of carboxylic acid groups (broad SMARTS) is 1. The lowest BCUT2D eigenvalue weighted by atomic mass is 9.98. The molecule has 0 fully saturated rings. The molecule has 1 aromatic rings. The summed E-state index contributed by atoms with van der Waals surface area (Å²) < 4.78 is 0. The van der Waals surface area contributed by atoms with Crippen LogP contribution in [0.1, 0.15) is 24.8 Å². The molecule has 0 radical (unpaired) electrons. The number of carboxylic acids is 1. The van der Waals surface area contributed by atoms with Crippen LogP contribution in [0.2, 0.25) is 0 Å². The Hall–Kier alpha value is -2.57. The number of amides is 3. The highest BCUT2D eigenvalue weighted by Gasteiger charge is 2.35. The number of carbonyl (C=O) groups excluding carboxylic acids is 2. The van der Waals surface area contributed by atoms with Crippen LogP contribution in [0.4, 0.5) is 10.5 Å². The second kappa shape index (κ2) is 5.82. The van der Waals surface area contributed by atoms with Gasteiger partial charge in [-0.25, -0.2) is 4.79 Å². The van der Waals surface area contributed by atoms with Crippen LogP contribution in [0, 0.1) is 0 Å². The van der Waals surface area contributed by atoms with Gasteiger partial charge >= 0.3 is 12.0 Å². The Morgan fingerprint density at radius 2 is 2.10 bits per heavy atom. The van der Waals surface area contributed by atoms with Crippen LogP contribution >= 0.6 is 0 Å². The largest absolute Gasteiger partial charge is 0.481 e. The molecule has 7 nitrogen and oxygen atoms in total. The lowest BCUT2D eigenvalue weighted by Gasteiger charge is -2.22. The number of hydrogen-bond donors (Lipinski definition) is 3. The summed E-state index contributed by atoms with van der Waals surface area (Å²) in [6.07, 6.45) is -0.0432. The van der Waals surface area contributed by atoms with Crippen molar-refractivity contribution in [2.24, 2.45) is 5.73 Å². The van der Waals surface area contributed by atoms with Crippen molar-refractivity contribution >= 4 is 23.6 Å². The average Bonchev–Trinajstić information content (AvgIpc) is 2.75. The standard InChI is InChI=1S/C14H17N3O4/c1-8(16-14(15)21)13(20)17-7-9(6-12(18)19)10-4-2-3-5-11(10)17/h2-5,8-9H,6-7H2,1H3,(H,18,19)(H3,15,16,21). The molecule has 7 heteroatoms. The number of nitrogens with two attached hydrogens (primary N) is 1. The number of hydrogen-bond acceptors (Lipinski definition) is 3. The maximum Gasteiger partial charge on any atom is 0.312 e. The molecule has 21 heavy (non-hydrogen) atoms. The molecule has 0 spiro atoms. The smallest absolute Gasteiger partial charge is 0.312 e. The zero-order valence-electron chi connectivity index (χ0n) is 11.6. The Balaban J connectivity index is 2.24. The van der Waals surface area contributed by atoms with Gasteiger partial charge in [-0.15, -0.1) is 0 Å². The number of para-hydroxylation sites is 1. The summed E-state index contributed by atoms with van der Waals surface area (Å²) in [5, 5.41) is 11.3. The highest BCUT2D eigenvalue weighted by Crippen LogP contribution is 2.38. The fourth-order valence-electron chi connectivity index (χ4n) is 2.60. The number of anilines is 1. The first-order valence-corrected chi connectivity index (χ1v) is 6.58. The second-order valence-corrected chi connectivity index (χ2v) is 5.03. The number of urea groups is 1. The van der Waals surface area contributed by atoms with E-state index in [1.165, 1.54) is 4.90 Å². The van der Waals surface area contributed by atoms with E-state index in [4.69, 9.17) is 10.8 Å². The minimum absolute atomic E-state index is 0.0432. The van der Waals surface area contributed by atoms with Crippen molar-refractivity contribution in [3.63, 3.8) is 0 Å². The van der Waals surface area contributed by atoms with Crippen LogP contribution in [-0.4, -0.2) is 35.6 Å². The van der Waals surface area contributed by atoms with Gasteiger partial charge in [0.25, 0.3) is 0 Å². The summed E-state index contributed by atoms with van der Waals surface area (Å²) in [5.74, 6) is -1.47. The molecule has 0 aliphatic carbocycles. The average molecular weight is 291 g/mol. The molecule has 2 unspecified atom stereocenters. The molecule has 1 aliphatic heterocycles. The summed E-state index contributed by atoms with van der Waals surface area (Å²) in [7, 11) is 0. The van der Waals surface area contributed by atoms with Crippen molar-refractivity contribution in [2.45, 2.75) is 25.3 Å². The number of fused-ring (bicyclic) bond motifs is 1. The van der Waals surface area contributed by atoms with E-state index in [2.05, 4.69) is 5.32 Å². The summed E-state index contributed by atoms with van der Waals surface area (Å²) >= 11 is 0. The van der Waals surface area contributed by atoms with Crippen LogP contribution in [0.3, 0.4) is 0 Å². The zero-order chi connectivity index (χ0) is 15.6. The van der Waals surface area contributed by atoms with Crippen molar-refractivity contribution < 1.29 is 19.5 Å². The Kier molecular flexibility index (Phi) is 4.11. The van der Waals surface area contributed by atoms with Gasteiger partial charge in [0, 0.05) is 18.2 Å². The van der Waals surface area contributed by atoms with E-state index in [1.54, 1.807) is 19.1 Å². The highest BCUT2D eigenvalue weighted by molar-refractivity contribution is 6.00. The molecule has 1 aliphatic rings. The lowest BCUT2D eigenvalue weighted by molar-refractivity contribution is -0.137. The first kappa shape index (κ1) is 14.8. The first-order valence-electron chi connectivity index (χ1n) is 6.58.